The molecular weight excluding hydrogens is 330 g/mol. The van der Waals surface area contributed by atoms with Crippen LogP contribution >= 0.6 is 0 Å². The number of carbonyl (C=O) groups is 1. The van der Waals surface area contributed by atoms with Gasteiger partial charge in [0.15, 0.2) is 12.3 Å². The van der Waals surface area contributed by atoms with Gasteiger partial charge in [-0.3, -0.25) is 4.79 Å². The fraction of sp³-hybridized carbons (Fsp3) is 0.353. The summed E-state index contributed by atoms with van der Waals surface area (Å²) < 4.78 is 33.5. The largest absolute Gasteiger partial charge is 0.471 e. The summed E-state index contributed by atoms with van der Waals surface area (Å²) in [5.41, 5.74) is 1.48. The van der Waals surface area contributed by atoms with Crippen LogP contribution in [0.5, 0.6) is 5.88 Å². The Labute approximate surface area is 142 Å². The molecule has 0 saturated heterocycles. The molecule has 25 heavy (non-hydrogen) atoms. The molecule has 8 heteroatoms. The quantitative estimate of drug-likeness (QED) is 0.927. The summed E-state index contributed by atoms with van der Waals surface area (Å²) >= 11 is 0. The molecule has 1 aromatic carbocycles. The zero-order chi connectivity index (χ0) is 17.6. The van der Waals surface area contributed by atoms with Crippen molar-refractivity contribution in [3.8, 4) is 23.1 Å². The maximum absolute atomic E-state index is 13.6. The van der Waals surface area contributed by atoms with Gasteiger partial charge in [-0.2, -0.15) is 10.4 Å². The molecule has 0 unspecified atom stereocenters. The van der Waals surface area contributed by atoms with Crippen LogP contribution in [0.3, 0.4) is 0 Å². The third-order valence-corrected chi connectivity index (χ3v) is 4.14. The normalized spacial score (nSPS) is 18.0. The number of amides is 1. The molecule has 128 valence electrons. The number of nitrogens with one attached hydrogen (secondary N) is 1. The number of ether oxygens (including phenoxy) is 1. The Morgan fingerprint density at radius 1 is 1.36 bits per heavy atom. The molecule has 0 radical (unpaired) electrons. The molecule has 1 aromatic heterocycles. The molecule has 1 N–H and O–H groups in total. The number of aromatic nitrogens is 2. The molecular formula is C17H14F2N4O2. The van der Waals surface area contributed by atoms with Crippen molar-refractivity contribution in [3.05, 3.63) is 35.5 Å². The Hall–Kier alpha value is -2.95. The standard InChI is InChI=1S/C17H14F2N4O2/c18-17(19)8-23-16(25-9-17)13(11-3-1-10(7-20)2-4-11)14(22-23)15(24)21-12-5-6-12/h1-4,12H,5-6,8-9H2,(H,21,24). The number of nitriles is 1. The van der Waals surface area contributed by atoms with Crippen LogP contribution in [0.1, 0.15) is 28.9 Å². The minimum Gasteiger partial charge on any atom is -0.471 e. The summed E-state index contributed by atoms with van der Waals surface area (Å²) in [7, 11) is 0. The van der Waals surface area contributed by atoms with Crippen molar-refractivity contribution in [2.24, 2.45) is 0 Å². The molecule has 2 aliphatic rings. The van der Waals surface area contributed by atoms with Gasteiger partial charge in [-0.15, -0.1) is 0 Å². The number of hydrogen-bond acceptors (Lipinski definition) is 4. The van der Waals surface area contributed by atoms with E-state index >= 15 is 0 Å². The number of fused-ring (bicyclic) bond motifs is 1. The fourth-order valence-corrected chi connectivity index (χ4v) is 2.75. The van der Waals surface area contributed by atoms with E-state index in [1.165, 1.54) is 0 Å². The average Bonchev–Trinajstić information content (AvgIpc) is 3.32. The Morgan fingerprint density at radius 3 is 2.72 bits per heavy atom. The van der Waals surface area contributed by atoms with Gasteiger partial charge in [0.25, 0.3) is 5.91 Å². The predicted molar refractivity (Wildman–Crippen MR) is 83.3 cm³/mol. The lowest BCUT2D eigenvalue weighted by atomic mass is 10.0. The molecule has 2 aromatic rings. The molecule has 1 amide bonds. The minimum absolute atomic E-state index is 0.0595. The van der Waals surface area contributed by atoms with Crippen molar-refractivity contribution < 1.29 is 18.3 Å². The van der Waals surface area contributed by atoms with E-state index in [1.807, 2.05) is 6.07 Å². The second-order valence-electron chi connectivity index (χ2n) is 6.27. The number of carbonyl (C=O) groups excluding carboxylic acids is 1. The first-order valence-electron chi connectivity index (χ1n) is 7.90. The Balaban J connectivity index is 1.80. The van der Waals surface area contributed by atoms with Crippen LogP contribution < -0.4 is 10.1 Å². The summed E-state index contributed by atoms with van der Waals surface area (Å²) in [5, 5.41) is 15.8. The van der Waals surface area contributed by atoms with E-state index in [1.54, 1.807) is 24.3 Å². The number of rotatable bonds is 3. The van der Waals surface area contributed by atoms with Gasteiger partial charge in [0.2, 0.25) is 5.88 Å². The van der Waals surface area contributed by atoms with Gasteiger partial charge in [-0.05, 0) is 30.5 Å². The molecule has 1 fully saturated rings. The van der Waals surface area contributed by atoms with Crippen LogP contribution in [0, 0.1) is 11.3 Å². The van der Waals surface area contributed by atoms with E-state index in [0.717, 1.165) is 17.5 Å². The van der Waals surface area contributed by atoms with Crippen LogP contribution in [0.15, 0.2) is 24.3 Å². The van der Waals surface area contributed by atoms with E-state index in [-0.39, 0.29) is 17.6 Å². The molecule has 0 atom stereocenters. The second kappa shape index (κ2) is 5.55. The highest BCUT2D eigenvalue weighted by molar-refractivity contribution is 6.00. The first-order valence-corrected chi connectivity index (χ1v) is 7.90. The van der Waals surface area contributed by atoms with E-state index in [4.69, 9.17) is 10.00 Å². The third-order valence-electron chi connectivity index (χ3n) is 4.14. The summed E-state index contributed by atoms with van der Waals surface area (Å²) in [6, 6.07) is 8.63. The molecule has 4 rings (SSSR count). The number of alkyl halides is 2. The molecule has 1 saturated carbocycles. The number of nitrogens with zero attached hydrogens (tertiary/aromatic N) is 3. The highest BCUT2D eigenvalue weighted by Gasteiger charge is 2.40. The van der Waals surface area contributed by atoms with Gasteiger partial charge in [0.1, 0.15) is 6.54 Å². The lowest BCUT2D eigenvalue weighted by molar-refractivity contribution is -0.0793. The van der Waals surface area contributed by atoms with Gasteiger partial charge in [-0.25, -0.2) is 13.5 Å². The smallest absolute Gasteiger partial charge is 0.300 e. The average molecular weight is 344 g/mol. The van der Waals surface area contributed by atoms with Crippen molar-refractivity contribution in [3.63, 3.8) is 0 Å². The van der Waals surface area contributed by atoms with Gasteiger partial charge >= 0.3 is 5.92 Å². The highest BCUT2D eigenvalue weighted by Crippen LogP contribution is 2.38. The summed E-state index contributed by atoms with van der Waals surface area (Å²) in [5.74, 6) is -3.29. The summed E-state index contributed by atoms with van der Waals surface area (Å²) in [4.78, 5) is 12.5. The number of hydrogen-bond donors (Lipinski definition) is 1. The lowest BCUT2D eigenvalue weighted by Crippen LogP contribution is -2.36. The third kappa shape index (κ3) is 2.93. The fourth-order valence-electron chi connectivity index (χ4n) is 2.75. The Bertz CT molecular complexity index is 879. The van der Waals surface area contributed by atoms with Crippen LogP contribution in [0.4, 0.5) is 8.78 Å². The lowest BCUT2D eigenvalue weighted by Gasteiger charge is -2.24. The van der Waals surface area contributed by atoms with Crippen LogP contribution in [0.25, 0.3) is 11.1 Å². The first kappa shape index (κ1) is 15.6. The summed E-state index contributed by atoms with van der Waals surface area (Å²) in [6.45, 7) is -1.39. The van der Waals surface area contributed by atoms with Crippen molar-refractivity contribution in [1.82, 2.24) is 15.1 Å². The molecule has 1 aliphatic heterocycles. The van der Waals surface area contributed by atoms with Gasteiger partial charge in [-0.1, -0.05) is 12.1 Å². The molecule has 0 bridgehead atoms. The Morgan fingerprint density at radius 2 is 2.08 bits per heavy atom. The molecule has 1 aliphatic carbocycles. The van der Waals surface area contributed by atoms with Crippen LogP contribution in [-0.2, 0) is 6.54 Å². The van der Waals surface area contributed by atoms with E-state index in [2.05, 4.69) is 10.4 Å². The molecule has 0 spiro atoms. The van der Waals surface area contributed by atoms with Gasteiger partial charge in [0.05, 0.1) is 17.2 Å². The van der Waals surface area contributed by atoms with Crippen LogP contribution in [0.2, 0.25) is 0 Å². The SMILES string of the molecule is N#Cc1ccc(-c2c(C(=O)NC3CC3)nn3c2OCC(F)(F)C3)cc1. The first-order chi connectivity index (χ1) is 12.0. The topological polar surface area (TPSA) is 79.9 Å². The van der Waals surface area contributed by atoms with E-state index in [9.17, 15) is 13.6 Å². The summed E-state index contributed by atoms with van der Waals surface area (Å²) in [6.07, 6.45) is 1.81. The van der Waals surface area contributed by atoms with Gasteiger partial charge in [0, 0.05) is 6.04 Å². The van der Waals surface area contributed by atoms with Crippen molar-refractivity contribution in [2.45, 2.75) is 31.4 Å². The predicted octanol–water partition coefficient (Wildman–Crippen LogP) is 2.34. The highest BCUT2D eigenvalue weighted by atomic mass is 19.3. The Kier molecular flexibility index (Phi) is 3.46. The van der Waals surface area contributed by atoms with E-state index < -0.39 is 25.0 Å². The van der Waals surface area contributed by atoms with Crippen LogP contribution in [-0.4, -0.2) is 34.3 Å². The zero-order valence-electron chi connectivity index (χ0n) is 13.1. The maximum atomic E-state index is 13.6. The van der Waals surface area contributed by atoms with E-state index in [0.29, 0.717) is 16.7 Å². The molecule has 2 heterocycles. The maximum Gasteiger partial charge on any atom is 0.300 e. The number of halogens is 2. The van der Waals surface area contributed by atoms with Gasteiger partial charge < -0.3 is 10.1 Å². The van der Waals surface area contributed by atoms with Crippen molar-refractivity contribution in [2.75, 3.05) is 6.61 Å². The van der Waals surface area contributed by atoms with Crippen molar-refractivity contribution >= 4 is 5.91 Å². The second-order valence-corrected chi connectivity index (χ2v) is 6.27. The number of benzene rings is 1. The monoisotopic (exact) mass is 344 g/mol. The molecule has 6 nitrogen and oxygen atoms in total. The zero-order valence-corrected chi connectivity index (χ0v) is 13.1. The van der Waals surface area contributed by atoms with Crippen molar-refractivity contribution in [1.29, 1.82) is 5.26 Å². The minimum atomic E-state index is -3.04.